The summed E-state index contributed by atoms with van der Waals surface area (Å²) in [6.07, 6.45) is -2.34. The number of thioether (sulfide) groups is 1. The number of halogens is 3. The van der Waals surface area contributed by atoms with Crippen molar-refractivity contribution >= 4 is 40.3 Å². The highest BCUT2D eigenvalue weighted by Gasteiger charge is 2.32. The number of alkyl halides is 3. The minimum absolute atomic E-state index is 0.172. The molecule has 4 rings (SSSR count). The van der Waals surface area contributed by atoms with Gasteiger partial charge in [-0.1, -0.05) is 48.2 Å². The van der Waals surface area contributed by atoms with Crippen LogP contribution in [0, 0.1) is 0 Å². The van der Waals surface area contributed by atoms with E-state index in [1.807, 2.05) is 0 Å². The molecule has 0 aliphatic carbocycles. The van der Waals surface area contributed by atoms with Crippen LogP contribution < -0.4 is 0 Å². The number of thiocarbonyl (C=S) groups is 1. The lowest BCUT2D eigenvalue weighted by Gasteiger charge is -2.14. The van der Waals surface area contributed by atoms with Crippen molar-refractivity contribution in [1.82, 2.24) is 4.90 Å². The summed E-state index contributed by atoms with van der Waals surface area (Å²) in [7, 11) is 0. The number of rotatable bonds is 5. The maximum Gasteiger partial charge on any atom is 0.416 e. The molecule has 0 atom stereocenters. The van der Waals surface area contributed by atoms with Gasteiger partial charge in [0, 0.05) is 18.2 Å². The Bertz CT molecular complexity index is 1200. The van der Waals surface area contributed by atoms with E-state index in [0.717, 1.165) is 29.5 Å². The first-order valence-electron chi connectivity index (χ1n) is 9.51. The van der Waals surface area contributed by atoms with Gasteiger partial charge >= 0.3 is 6.18 Å². The summed E-state index contributed by atoms with van der Waals surface area (Å²) in [5.41, 5.74) is 0.487. The van der Waals surface area contributed by atoms with E-state index in [9.17, 15) is 23.1 Å². The summed E-state index contributed by atoms with van der Waals surface area (Å²) in [5.74, 6) is 0.530. The first kappa shape index (κ1) is 22.2. The third-order valence-corrected chi connectivity index (χ3v) is 6.19. The maximum absolute atomic E-state index is 13.0. The molecule has 4 nitrogen and oxygen atoms in total. The van der Waals surface area contributed by atoms with Crippen LogP contribution in [0.3, 0.4) is 0 Å². The van der Waals surface area contributed by atoms with Gasteiger partial charge in [-0.05, 0) is 48.4 Å². The lowest BCUT2D eigenvalue weighted by Crippen LogP contribution is -2.30. The van der Waals surface area contributed by atoms with E-state index in [1.54, 1.807) is 36.4 Å². The summed E-state index contributed by atoms with van der Waals surface area (Å²) in [4.78, 5) is 14.6. The largest absolute Gasteiger partial charge is 0.508 e. The van der Waals surface area contributed by atoms with Crippen LogP contribution in [0.5, 0.6) is 5.75 Å². The highest BCUT2D eigenvalue weighted by molar-refractivity contribution is 8.26. The Morgan fingerprint density at radius 2 is 1.84 bits per heavy atom. The molecule has 0 bridgehead atoms. The Hall–Kier alpha value is -3.04. The van der Waals surface area contributed by atoms with E-state index in [4.69, 9.17) is 16.6 Å². The summed E-state index contributed by atoms with van der Waals surface area (Å²) < 4.78 is 45.0. The van der Waals surface area contributed by atoms with Crippen molar-refractivity contribution in [3.8, 4) is 17.1 Å². The van der Waals surface area contributed by atoms with Crippen LogP contribution in [0.15, 0.2) is 70.0 Å². The van der Waals surface area contributed by atoms with Crippen LogP contribution in [0.1, 0.15) is 16.9 Å². The SMILES string of the molecule is O=C1/C(=C/c2ccc(-c3cccc(C(F)(F)F)c3)o2)SC(=S)N1CCc1ccc(O)cc1. The fourth-order valence-electron chi connectivity index (χ4n) is 3.16. The number of benzene rings is 2. The van der Waals surface area contributed by atoms with Gasteiger partial charge in [0.2, 0.25) is 0 Å². The highest BCUT2D eigenvalue weighted by Crippen LogP contribution is 2.35. The normalized spacial score (nSPS) is 15.7. The van der Waals surface area contributed by atoms with E-state index < -0.39 is 11.7 Å². The average molecular weight is 476 g/mol. The Labute approximate surface area is 191 Å². The molecule has 32 heavy (non-hydrogen) atoms. The zero-order chi connectivity index (χ0) is 22.9. The van der Waals surface area contributed by atoms with Gasteiger partial charge < -0.3 is 9.52 Å². The van der Waals surface area contributed by atoms with Gasteiger partial charge in [0.15, 0.2) is 0 Å². The van der Waals surface area contributed by atoms with E-state index in [0.29, 0.717) is 33.5 Å². The van der Waals surface area contributed by atoms with Crippen molar-refractivity contribution in [3.63, 3.8) is 0 Å². The summed E-state index contributed by atoms with van der Waals surface area (Å²) in [6, 6.07) is 14.7. The van der Waals surface area contributed by atoms with Gasteiger partial charge in [-0.15, -0.1) is 0 Å². The molecule has 9 heteroatoms. The molecule has 1 aromatic heterocycles. The smallest absolute Gasteiger partial charge is 0.416 e. The Morgan fingerprint density at radius 3 is 2.56 bits per heavy atom. The van der Waals surface area contributed by atoms with Crippen LogP contribution in [-0.2, 0) is 17.4 Å². The molecule has 1 amide bonds. The third-order valence-electron chi connectivity index (χ3n) is 4.81. The number of hydrogen-bond acceptors (Lipinski definition) is 5. The number of phenolic OH excluding ortho intramolecular Hbond substituents is 1. The molecule has 2 heterocycles. The molecule has 0 radical (unpaired) electrons. The fraction of sp³-hybridized carbons (Fsp3) is 0.130. The number of carbonyl (C=O) groups is 1. The van der Waals surface area contributed by atoms with Gasteiger partial charge in [-0.25, -0.2) is 0 Å². The van der Waals surface area contributed by atoms with Crippen molar-refractivity contribution < 1.29 is 27.5 Å². The molecule has 2 aromatic carbocycles. The lowest BCUT2D eigenvalue weighted by molar-refractivity contribution is -0.137. The Balaban J connectivity index is 1.48. The number of phenols is 1. The predicted octanol–water partition coefficient (Wildman–Crippen LogP) is 6.11. The molecular weight excluding hydrogens is 459 g/mol. The number of furan rings is 1. The van der Waals surface area contributed by atoms with Crippen LogP contribution in [0.25, 0.3) is 17.4 Å². The van der Waals surface area contributed by atoms with Crippen LogP contribution in [-0.4, -0.2) is 26.8 Å². The van der Waals surface area contributed by atoms with E-state index in [1.165, 1.54) is 23.1 Å². The second kappa shape index (κ2) is 8.84. The van der Waals surface area contributed by atoms with Crippen molar-refractivity contribution in [1.29, 1.82) is 0 Å². The standard InChI is InChI=1S/C23H16F3NO3S2/c24-23(25,26)16-3-1-2-15(12-16)19-9-8-18(30-19)13-20-21(29)27(22(31)32-20)11-10-14-4-6-17(28)7-5-14/h1-9,12-13,28H,10-11H2/b20-13-. The lowest BCUT2D eigenvalue weighted by atomic mass is 10.1. The maximum atomic E-state index is 13.0. The molecular formula is C23H16F3NO3S2. The fourth-order valence-corrected chi connectivity index (χ4v) is 4.45. The van der Waals surface area contributed by atoms with Gasteiger partial charge in [0.05, 0.1) is 10.5 Å². The second-order valence-corrected chi connectivity index (χ2v) is 8.71. The average Bonchev–Trinajstić information content (AvgIpc) is 3.32. The molecule has 1 fully saturated rings. The topological polar surface area (TPSA) is 53.7 Å². The zero-order valence-corrected chi connectivity index (χ0v) is 18.1. The number of aromatic hydroxyl groups is 1. The molecule has 0 saturated carbocycles. The van der Waals surface area contributed by atoms with E-state index >= 15 is 0 Å². The quantitative estimate of drug-likeness (QED) is 0.356. The van der Waals surface area contributed by atoms with Crippen LogP contribution in [0.2, 0.25) is 0 Å². The molecule has 1 aliphatic heterocycles. The van der Waals surface area contributed by atoms with E-state index in [-0.39, 0.29) is 17.4 Å². The molecule has 1 saturated heterocycles. The third kappa shape index (κ3) is 4.89. The van der Waals surface area contributed by atoms with Crippen LogP contribution >= 0.6 is 24.0 Å². The number of hydrogen-bond donors (Lipinski definition) is 1. The summed E-state index contributed by atoms with van der Waals surface area (Å²) >= 11 is 6.47. The van der Waals surface area contributed by atoms with Crippen molar-refractivity contribution in [3.05, 3.63) is 82.5 Å². The summed E-state index contributed by atoms with van der Waals surface area (Å²) in [5, 5.41) is 9.36. The second-order valence-electron chi connectivity index (χ2n) is 7.03. The monoisotopic (exact) mass is 475 g/mol. The van der Waals surface area contributed by atoms with Crippen LogP contribution in [0.4, 0.5) is 13.2 Å². The number of carbonyl (C=O) groups excluding carboxylic acids is 1. The first-order valence-corrected chi connectivity index (χ1v) is 10.7. The number of amides is 1. The Morgan fingerprint density at radius 1 is 1.09 bits per heavy atom. The summed E-state index contributed by atoms with van der Waals surface area (Å²) in [6.45, 7) is 0.389. The molecule has 164 valence electrons. The zero-order valence-electron chi connectivity index (χ0n) is 16.4. The van der Waals surface area contributed by atoms with Crippen molar-refractivity contribution in [2.24, 2.45) is 0 Å². The van der Waals surface area contributed by atoms with Crippen molar-refractivity contribution in [2.75, 3.05) is 6.54 Å². The van der Waals surface area contributed by atoms with Crippen molar-refractivity contribution in [2.45, 2.75) is 12.6 Å². The Kier molecular flexibility index (Phi) is 6.12. The van der Waals surface area contributed by atoms with Gasteiger partial charge in [0.25, 0.3) is 5.91 Å². The van der Waals surface area contributed by atoms with E-state index in [2.05, 4.69) is 0 Å². The first-order chi connectivity index (χ1) is 15.2. The molecule has 0 spiro atoms. The predicted molar refractivity (Wildman–Crippen MR) is 121 cm³/mol. The molecule has 0 unspecified atom stereocenters. The highest BCUT2D eigenvalue weighted by atomic mass is 32.2. The minimum atomic E-state index is -4.44. The van der Waals surface area contributed by atoms with Gasteiger partial charge in [-0.2, -0.15) is 13.2 Å². The van der Waals surface area contributed by atoms with Gasteiger partial charge in [-0.3, -0.25) is 9.69 Å². The molecule has 1 aliphatic rings. The number of nitrogens with zero attached hydrogens (tertiary/aromatic N) is 1. The molecule has 3 aromatic rings. The molecule has 1 N–H and O–H groups in total. The minimum Gasteiger partial charge on any atom is -0.508 e. The van der Waals surface area contributed by atoms with Gasteiger partial charge in [0.1, 0.15) is 21.6 Å².